The number of carboxylic acid groups (broad SMARTS) is 1. The van der Waals surface area contributed by atoms with E-state index in [1.54, 1.807) is 30.3 Å². The minimum atomic E-state index is -5.60. The molecule has 3 heterocycles. The predicted molar refractivity (Wildman–Crippen MR) is 214 cm³/mol. The van der Waals surface area contributed by atoms with E-state index in [0.717, 1.165) is 29.0 Å². The lowest BCUT2D eigenvalue weighted by Gasteiger charge is -2.30. The molecule has 11 N–H and O–H groups in total. The van der Waals surface area contributed by atoms with E-state index in [0.29, 0.717) is 5.56 Å². The number of rotatable bonds is 23. The van der Waals surface area contributed by atoms with Gasteiger partial charge in [-0.25, -0.2) is 28.6 Å². The van der Waals surface area contributed by atoms with Crippen LogP contribution in [0.1, 0.15) is 38.5 Å². The summed E-state index contributed by atoms with van der Waals surface area (Å²) in [5, 5.41) is 35.1. The largest absolute Gasteiger partial charge is 0.481 e. The van der Waals surface area contributed by atoms with E-state index in [1.165, 1.54) is 19.9 Å². The highest BCUT2D eigenvalue weighted by Gasteiger charge is 2.50. The number of aliphatic hydroxyl groups excluding tert-OH is 2. The first-order chi connectivity index (χ1) is 28.9. The number of carboxylic acids is 1. The first kappa shape index (κ1) is 50.6. The van der Waals surface area contributed by atoms with Crippen LogP contribution < -0.4 is 16.4 Å². The summed E-state index contributed by atoms with van der Waals surface area (Å²) in [5.74, 6) is -2.70. The molecule has 3 unspecified atom stereocenters. The Morgan fingerprint density at radius 1 is 1.02 bits per heavy atom. The van der Waals surface area contributed by atoms with E-state index < -0.39 is 102 Å². The summed E-state index contributed by atoms with van der Waals surface area (Å²) in [4.78, 5) is 99.8. The number of nitrogens with two attached hydrogens (primary N) is 1. The fourth-order valence-electron chi connectivity index (χ4n) is 5.46. The van der Waals surface area contributed by atoms with Gasteiger partial charge in [0.25, 0.3) is 0 Å². The minimum absolute atomic E-state index is 0.0169. The van der Waals surface area contributed by atoms with Crippen LogP contribution in [-0.2, 0) is 55.5 Å². The van der Waals surface area contributed by atoms with Crippen LogP contribution in [0.25, 0.3) is 17.2 Å². The number of ether oxygens (including phenoxy) is 1. The monoisotopic (exact) mass is 955 g/mol. The van der Waals surface area contributed by atoms with Gasteiger partial charge in [0.05, 0.1) is 26.0 Å². The number of fused-ring (bicyclic) bond motifs is 1. The Hall–Kier alpha value is -4.01. The third kappa shape index (κ3) is 15.1. The zero-order chi connectivity index (χ0) is 46.0. The van der Waals surface area contributed by atoms with Gasteiger partial charge >= 0.3 is 29.4 Å². The van der Waals surface area contributed by atoms with Gasteiger partial charge in [0.1, 0.15) is 36.3 Å². The van der Waals surface area contributed by atoms with Gasteiger partial charge in [0.2, 0.25) is 16.9 Å². The van der Waals surface area contributed by atoms with Crippen molar-refractivity contribution >= 4 is 81.2 Å². The highest BCUT2D eigenvalue weighted by atomic mass is 32.2. The molecule has 2 aromatic heterocycles. The molecule has 1 fully saturated rings. The molecule has 4 rings (SSSR count). The fourth-order valence-corrected chi connectivity index (χ4v) is 9.00. The molecule has 26 nitrogen and oxygen atoms in total. The number of nitrogen functional groups attached to an aromatic ring is 1. The molecular formula is C32H44N7O19P3S. The molecule has 1 saturated heterocycles. The number of carbonyl (C=O) groups excluding carboxylic acids is 3. The predicted octanol–water partition coefficient (Wildman–Crippen LogP) is 0.223. The van der Waals surface area contributed by atoms with Crippen molar-refractivity contribution in [2.45, 2.75) is 57.3 Å². The Labute approximate surface area is 355 Å². The van der Waals surface area contributed by atoms with Crippen molar-refractivity contribution in [2.75, 3.05) is 37.8 Å². The second kappa shape index (κ2) is 21.6. The molecule has 342 valence electrons. The number of aromatic nitrogens is 4. The lowest BCUT2D eigenvalue weighted by atomic mass is 9.87. The van der Waals surface area contributed by atoms with Gasteiger partial charge in [-0.3, -0.25) is 37.3 Å². The Balaban J connectivity index is 1.21. The number of imidazole rings is 1. The number of nitrogens with zero attached hydrogens (tertiary/aromatic N) is 4. The maximum atomic E-state index is 12.7. The van der Waals surface area contributed by atoms with Gasteiger partial charge < -0.3 is 56.0 Å². The SMILES string of the molecule is CC(C)(COP(=O)(O)OP(=O)(O)OC[C@H]1O[C@@H](n2cnc3c(N)ncnc32)[C@H](O)[C@@H]1OP(=O)(O)O)C(O)C(=O)NCCC(=O)NCCSC(=O)C(=Cc1ccccc1)CC(=O)O. The number of aliphatic carboxylic acids is 1. The number of hydrogen-bond donors (Lipinski definition) is 10. The van der Waals surface area contributed by atoms with Crippen LogP contribution >= 0.6 is 35.2 Å². The van der Waals surface area contributed by atoms with Crippen molar-refractivity contribution in [3.8, 4) is 0 Å². The number of carbonyl (C=O) groups is 4. The maximum absolute atomic E-state index is 12.7. The summed E-state index contributed by atoms with van der Waals surface area (Å²) in [5.41, 5.74) is 4.89. The molecule has 0 bridgehead atoms. The van der Waals surface area contributed by atoms with Crippen LogP contribution in [0.4, 0.5) is 5.82 Å². The smallest absolute Gasteiger partial charge is 0.481 e. The van der Waals surface area contributed by atoms with Gasteiger partial charge in [0.15, 0.2) is 17.7 Å². The average Bonchev–Trinajstić information content (AvgIpc) is 3.74. The molecule has 0 saturated carbocycles. The van der Waals surface area contributed by atoms with E-state index in [2.05, 4.69) is 34.4 Å². The van der Waals surface area contributed by atoms with E-state index in [4.69, 9.17) is 19.5 Å². The van der Waals surface area contributed by atoms with Crippen molar-refractivity contribution in [1.82, 2.24) is 30.2 Å². The highest BCUT2D eigenvalue weighted by molar-refractivity contribution is 8.14. The summed E-state index contributed by atoms with van der Waals surface area (Å²) in [7, 11) is -16.5. The maximum Gasteiger partial charge on any atom is 0.481 e. The standard InChI is InChI=1S/C32H44N7O19P3S/c1-32(2,26(44)29(45)35-9-8-21(40)34-10-11-62-31(46)19(13-22(41)42)12-18-6-4-3-5-7-18)15-55-61(52,53)58-60(50,51)54-14-20-25(57-59(47,48)49)24(43)30(56-20)39-17-38-23-27(33)36-16-37-28(23)39/h3-7,12,16-17,20,24-26,30,43-44H,8-11,13-15H2,1-2H3,(H,34,40)(H,35,45)(H,41,42)(H,50,51)(H,52,53)(H2,33,36,37)(H2,47,48,49)/t20-,24-,25-,26?,30-/m1/s1. The van der Waals surface area contributed by atoms with Gasteiger partial charge in [-0.15, -0.1) is 0 Å². The second-order valence-electron chi connectivity index (χ2n) is 13.9. The van der Waals surface area contributed by atoms with Crippen molar-refractivity contribution in [3.63, 3.8) is 0 Å². The third-order valence-corrected chi connectivity index (χ3v) is 12.5. The summed E-state index contributed by atoms with van der Waals surface area (Å²) < 4.78 is 62.2. The molecule has 0 spiro atoms. The zero-order valence-corrected chi connectivity index (χ0v) is 36.1. The van der Waals surface area contributed by atoms with Crippen LogP contribution in [0.15, 0.2) is 48.6 Å². The Kier molecular flexibility index (Phi) is 17.6. The number of phosphoric ester groups is 3. The molecule has 30 heteroatoms. The fraction of sp³-hybridized carbons (Fsp3) is 0.469. The molecule has 1 aliphatic heterocycles. The second-order valence-corrected chi connectivity index (χ2v) is 19.2. The number of anilines is 1. The Bertz CT molecular complexity index is 2260. The average molecular weight is 956 g/mol. The van der Waals surface area contributed by atoms with E-state index in [9.17, 15) is 67.8 Å². The molecule has 0 radical (unpaired) electrons. The lowest BCUT2D eigenvalue weighted by molar-refractivity contribution is -0.137. The zero-order valence-electron chi connectivity index (χ0n) is 32.6. The third-order valence-electron chi connectivity index (χ3n) is 8.48. The summed E-state index contributed by atoms with van der Waals surface area (Å²) in [6.45, 7) is 0.115. The summed E-state index contributed by atoms with van der Waals surface area (Å²) in [6, 6.07) is 8.65. The van der Waals surface area contributed by atoms with Crippen LogP contribution in [-0.4, -0.2) is 134 Å². The number of aliphatic hydroxyl groups is 2. The number of benzene rings is 1. The molecular weight excluding hydrogens is 911 g/mol. The molecule has 7 atom stereocenters. The van der Waals surface area contributed by atoms with Crippen molar-refractivity contribution < 1.29 is 90.4 Å². The minimum Gasteiger partial charge on any atom is -0.481 e. The van der Waals surface area contributed by atoms with Gasteiger partial charge in [-0.2, -0.15) is 4.31 Å². The van der Waals surface area contributed by atoms with E-state index in [-0.39, 0.29) is 47.8 Å². The van der Waals surface area contributed by atoms with Crippen molar-refractivity contribution in [2.24, 2.45) is 5.41 Å². The number of thioether (sulfide) groups is 1. The molecule has 62 heavy (non-hydrogen) atoms. The number of amides is 2. The van der Waals surface area contributed by atoms with Gasteiger partial charge in [-0.1, -0.05) is 55.9 Å². The first-order valence-electron chi connectivity index (χ1n) is 17.9. The molecule has 2 amide bonds. The Morgan fingerprint density at radius 2 is 1.69 bits per heavy atom. The highest BCUT2D eigenvalue weighted by Crippen LogP contribution is 2.61. The van der Waals surface area contributed by atoms with Crippen LogP contribution in [0.2, 0.25) is 0 Å². The topological polar surface area (TPSA) is 401 Å². The van der Waals surface area contributed by atoms with Crippen molar-refractivity contribution in [1.29, 1.82) is 0 Å². The molecule has 1 aliphatic rings. The van der Waals surface area contributed by atoms with Crippen LogP contribution in [0, 0.1) is 5.41 Å². The molecule has 1 aromatic carbocycles. The summed E-state index contributed by atoms with van der Waals surface area (Å²) >= 11 is 0.808. The van der Waals surface area contributed by atoms with E-state index in [1.807, 2.05) is 0 Å². The molecule has 3 aromatic rings. The Morgan fingerprint density at radius 3 is 2.35 bits per heavy atom. The number of phosphoric acid groups is 3. The van der Waals surface area contributed by atoms with Crippen LogP contribution in [0.5, 0.6) is 0 Å². The number of nitrogens with one attached hydrogen (secondary N) is 2. The normalized spacial score (nSPS) is 20.9. The van der Waals surface area contributed by atoms with Crippen LogP contribution in [0.3, 0.4) is 0 Å². The van der Waals surface area contributed by atoms with Crippen molar-refractivity contribution in [3.05, 3.63) is 54.1 Å². The van der Waals surface area contributed by atoms with Gasteiger partial charge in [-0.05, 0) is 11.6 Å². The number of hydrogen-bond acceptors (Lipinski definition) is 19. The molecule has 0 aliphatic carbocycles. The quantitative estimate of drug-likeness (QED) is 0.0345. The summed E-state index contributed by atoms with van der Waals surface area (Å²) in [6.07, 6.45) is -6.19. The lowest BCUT2D eigenvalue weighted by Crippen LogP contribution is -2.46. The van der Waals surface area contributed by atoms with E-state index >= 15 is 0 Å². The first-order valence-corrected chi connectivity index (χ1v) is 23.4. The van der Waals surface area contributed by atoms with Gasteiger partial charge in [0, 0.05) is 36.3 Å².